The fourth-order valence-electron chi connectivity index (χ4n) is 2.49. The monoisotopic (exact) mass is 307 g/mol. The first kappa shape index (κ1) is 14.8. The fraction of sp³-hybridized carbons (Fsp3) is 0.111. The summed E-state index contributed by atoms with van der Waals surface area (Å²) in [5, 5.41) is 3.91. The summed E-state index contributed by atoms with van der Waals surface area (Å²) in [5.41, 5.74) is 8.27. The molecule has 3 rings (SSSR count). The molecule has 0 atom stereocenters. The van der Waals surface area contributed by atoms with Crippen molar-refractivity contribution in [2.45, 2.75) is 6.54 Å². The van der Waals surface area contributed by atoms with Crippen molar-refractivity contribution in [1.82, 2.24) is 9.88 Å². The number of carbonyl (C=O) groups excluding carboxylic acids is 2. The third kappa shape index (κ3) is 3.08. The minimum absolute atomic E-state index is 0.130. The number of benzene rings is 2. The average Bonchev–Trinajstić information content (AvgIpc) is 2.93. The molecule has 0 saturated carbocycles. The summed E-state index contributed by atoms with van der Waals surface area (Å²) in [6, 6.07) is 14.5. The summed E-state index contributed by atoms with van der Waals surface area (Å²) in [5.74, 6) is -0.591. The number of aryl methyl sites for hydroxylation is 1. The van der Waals surface area contributed by atoms with E-state index in [9.17, 15) is 9.59 Å². The van der Waals surface area contributed by atoms with Crippen LogP contribution in [0.3, 0.4) is 0 Å². The van der Waals surface area contributed by atoms with Gasteiger partial charge in [-0.1, -0.05) is 12.1 Å². The van der Waals surface area contributed by atoms with Crippen LogP contribution in [0.2, 0.25) is 0 Å². The molecule has 116 valence electrons. The van der Waals surface area contributed by atoms with Gasteiger partial charge in [-0.15, -0.1) is 0 Å². The van der Waals surface area contributed by atoms with Gasteiger partial charge >= 0.3 is 0 Å². The molecule has 2 amide bonds. The van der Waals surface area contributed by atoms with Gasteiger partial charge in [-0.25, -0.2) is 0 Å². The first-order valence-corrected chi connectivity index (χ1v) is 7.26. The number of rotatable bonds is 4. The zero-order valence-electron chi connectivity index (χ0n) is 12.7. The fourth-order valence-corrected chi connectivity index (χ4v) is 2.49. The van der Waals surface area contributed by atoms with Crippen molar-refractivity contribution in [2.75, 3.05) is 0 Å². The molecule has 0 spiro atoms. The highest BCUT2D eigenvalue weighted by Gasteiger charge is 2.08. The molecule has 5 heteroatoms. The van der Waals surface area contributed by atoms with Gasteiger partial charge in [0.05, 0.1) is 0 Å². The maximum absolute atomic E-state index is 12.3. The molecule has 0 aliphatic rings. The number of hydrogen-bond acceptors (Lipinski definition) is 2. The SMILES string of the molecule is Cn1ccc2cc(C(=O)NCc3ccc(C(N)=O)cc3)ccc21. The molecule has 0 fully saturated rings. The largest absolute Gasteiger partial charge is 0.366 e. The Bertz CT molecular complexity index is 879. The number of amides is 2. The number of nitrogens with zero attached hydrogens (tertiary/aromatic N) is 1. The van der Waals surface area contributed by atoms with Gasteiger partial charge in [0.25, 0.3) is 5.91 Å². The summed E-state index contributed by atoms with van der Waals surface area (Å²) in [6.07, 6.45) is 1.96. The van der Waals surface area contributed by atoms with Crippen molar-refractivity contribution in [3.63, 3.8) is 0 Å². The van der Waals surface area contributed by atoms with Gasteiger partial charge in [-0.05, 0) is 42.0 Å². The van der Waals surface area contributed by atoms with Crippen LogP contribution in [0.5, 0.6) is 0 Å². The third-order valence-electron chi connectivity index (χ3n) is 3.84. The first-order chi connectivity index (χ1) is 11.0. The Hall–Kier alpha value is -3.08. The average molecular weight is 307 g/mol. The van der Waals surface area contributed by atoms with Gasteiger partial charge in [0.2, 0.25) is 5.91 Å². The van der Waals surface area contributed by atoms with Crippen molar-refractivity contribution < 1.29 is 9.59 Å². The van der Waals surface area contributed by atoms with Crippen LogP contribution >= 0.6 is 0 Å². The minimum atomic E-state index is -0.461. The number of hydrogen-bond donors (Lipinski definition) is 2. The van der Waals surface area contributed by atoms with E-state index in [-0.39, 0.29) is 5.91 Å². The Morgan fingerprint density at radius 1 is 1.04 bits per heavy atom. The highest BCUT2D eigenvalue weighted by molar-refractivity contribution is 5.98. The van der Waals surface area contributed by atoms with Gasteiger partial charge < -0.3 is 15.6 Å². The lowest BCUT2D eigenvalue weighted by atomic mass is 10.1. The van der Waals surface area contributed by atoms with E-state index in [0.717, 1.165) is 16.5 Å². The van der Waals surface area contributed by atoms with Crippen molar-refractivity contribution in [1.29, 1.82) is 0 Å². The standard InChI is InChI=1S/C18H17N3O2/c1-21-9-8-14-10-15(6-7-16(14)21)18(23)20-11-12-2-4-13(5-3-12)17(19)22/h2-10H,11H2,1H3,(H2,19,22)(H,20,23). The quantitative estimate of drug-likeness (QED) is 0.775. The Morgan fingerprint density at radius 2 is 1.74 bits per heavy atom. The third-order valence-corrected chi connectivity index (χ3v) is 3.84. The molecule has 1 aromatic heterocycles. The van der Waals surface area contributed by atoms with Crippen LogP contribution < -0.4 is 11.1 Å². The summed E-state index contributed by atoms with van der Waals surface area (Å²) in [6.45, 7) is 0.394. The predicted molar refractivity (Wildman–Crippen MR) is 89.0 cm³/mol. The highest BCUT2D eigenvalue weighted by atomic mass is 16.2. The Labute approximate surface area is 133 Å². The van der Waals surface area contributed by atoms with Crippen LogP contribution in [-0.2, 0) is 13.6 Å². The van der Waals surface area contributed by atoms with Crippen LogP contribution in [0.15, 0.2) is 54.7 Å². The van der Waals surface area contributed by atoms with Crippen molar-refractivity contribution >= 4 is 22.7 Å². The molecule has 3 N–H and O–H groups in total. The second kappa shape index (κ2) is 5.96. The van der Waals surface area contributed by atoms with E-state index in [0.29, 0.717) is 17.7 Å². The van der Waals surface area contributed by atoms with E-state index in [1.165, 1.54) is 0 Å². The van der Waals surface area contributed by atoms with Gasteiger partial charge in [-0.2, -0.15) is 0 Å². The van der Waals surface area contributed by atoms with Gasteiger partial charge in [0, 0.05) is 41.8 Å². The maximum Gasteiger partial charge on any atom is 0.251 e. The lowest BCUT2D eigenvalue weighted by Crippen LogP contribution is -2.22. The molecule has 0 aliphatic heterocycles. The molecule has 0 unspecified atom stereocenters. The molecule has 23 heavy (non-hydrogen) atoms. The van der Waals surface area contributed by atoms with E-state index in [4.69, 9.17) is 5.73 Å². The van der Waals surface area contributed by atoms with E-state index >= 15 is 0 Å². The Balaban J connectivity index is 1.69. The molecule has 0 bridgehead atoms. The normalized spacial score (nSPS) is 10.7. The van der Waals surface area contributed by atoms with Gasteiger partial charge in [0.15, 0.2) is 0 Å². The van der Waals surface area contributed by atoms with Crippen molar-refractivity contribution in [3.05, 3.63) is 71.4 Å². The van der Waals surface area contributed by atoms with E-state index in [1.54, 1.807) is 24.3 Å². The van der Waals surface area contributed by atoms with Crippen LogP contribution in [0.1, 0.15) is 26.3 Å². The molecule has 0 radical (unpaired) electrons. The summed E-state index contributed by atoms with van der Waals surface area (Å²) in [7, 11) is 1.97. The highest BCUT2D eigenvalue weighted by Crippen LogP contribution is 2.16. The lowest BCUT2D eigenvalue weighted by molar-refractivity contribution is 0.0949. The van der Waals surface area contributed by atoms with Gasteiger partial charge in [-0.3, -0.25) is 9.59 Å². The summed E-state index contributed by atoms with van der Waals surface area (Å²) < 4.78 is 2.01. The number of aromatic nitrogens is 1. The number of primary amides is 1. The number of nitrogens with one attached hydrogen (secondary N) is 1. The summed E-state index contributed by atoms with van der Waals surface area (Å²) in [4.78, 5) is 23.3. The number of nitrogens with two attached hydrogens (primary N) is 1. The lowest BCUT2D eigenvalue weighted by Gasteiger charge is -2.06. The topological polar surface area (TPSA) is 77.1 Å². The van der Waals surface area contributed by atoms with Crippen LogP contribution in [0, 0.1) is 0 Å². The van der Waals surface area contributed by atoms with Crippen LogP contribution in [0.25, 0.3) is 10.9 Å². The Morgan fingerprint density at radius 3 is 2.43 bits per heavy atom. The minimum Gasteiger partial charge on any atom is -0.366 e. The molecular weight excluding hydrogens is 290 g/mol. The van der Waals surface area contributed by atoms with Crippen LogP contribution in [0.4, 0.5) is 0 Å². The van der Waals surface area contributed by atoms with Crippen molar-refractivity contribution in [3.8, 4) is 0 Å². The summed E-state index contributed by atoms with van der Waals surface area (Å²) >= 11 is 0. The second-order valence-electron chi connectivity index (χ2n) is 5.44. The number of carbonyl (C=O) groups is 2. The van der Waals surface area contributed by atoms with Crippen molar-refractivity contribution in [2.24, 2.45) is 12.8 Å². The molecule has 3 aromatic rings. The van der Waals surface area contributed by atoms with E-state index < -0.39 is 5.91 Å². The molecule has 1 heterocycles. The van der Waals surface area contributed by atoms with E-state index in [1.807, 2.05) is 42.1 Å². The second-order valence-corrected chi connectivity index (χ2v) is 5.44. The molecule has 5 nitrogen and oxygen atoms in total. The zero-order valence-corrected chi connectivity index (χ0v) is 12.7. The zero-order chi connectivity index (χ0) is 16.4. The smallest absolute Gasteiger partial charge is 0.251 e. The maximum atomic E-state index is 12.3. The van der Waals surface area contributed by atoms with E-state index in [2.05, 4.69) is 5.32 Å². The number of fused-ring (bicyclic) bond motifs is 1. The molecule has 2 aromatic carbocycles. The first-order valence-electron chi connectivity index (χ1n) is 7.26. The van der Waals surface area contributed by atoms with Gasteiger partial charge in [0.1, 0.15) is 0 Å². The Kier molecular flexibility index (Phi) is 3.85. The molecule has 0 saturated heterocycles. The predicted octanol–water partition coefficient (Wildman–Crippen LogP) is 2.21. The molecule has 0 aliphatic carbocycles. The van der Waals surface area contributed by atoms with Crippen LogP contribution in [-0.4, -0.2) is 16.4 Å². The molecular formula is C18H17N3O2.